The molecule has 1 aromatic heterocycles. The fourth-order valence-electron chi connectivity index (χ4n) is 2.13. The van der Waals surface area contributed by atoms with Crippen molar-refractivity contribution in [2.75, 3.05) is 0 Å². The largest absolute Gasteiger partial charge is 0.350 e. The Kier molecular flexibility index (Phi) is 3.89. The number of aromatic nitrogens is 4. The van der Waals surface area contributed by atoms with Gasteiger partial charge in [-0.1, -0.05) is 17.7 Å². The van der Waals surface area contributed by atoms with E-state index in [1.807, 2.05) is 0 Å². The van der Waals surface area contributed by atoms with Crippen LogP contribution in [0.15, 0.2) is 18.5 Å². The van der Waals surface area contributed by atoms with Crippen molar-refractivity contribution in [1.82, 2.24) is 25.5 Å². The Morgan fingerprint density at radius 3 is 2.53 bits per heavy atom. The number of benzene rings is 1. The van der Waals surface area contributed by atoms with Crippen LogP contribution in [0.2, 0.25) is 0 Å². The number of hydrogen-bond acceptors (Lipinski definition) is 4. The molecule has 0 unspecified atom stereocenters. The van der Waals surface area contributed by atoms with E-state index in [1.165, 1.54) is 27.7 Å². The fraction of sp³-hybridized carbons (Fsp3) is 0.385. The van der Waals surface area contributed by atoms with Crippen LogP contribution in [0, 0.1) is 20.8 Å². The first kappa shape index (κ1) is 13.2. The van der Waals surface area contributed by atoms with E-state index in [-0.39, 0.29) is 12.5 Å². The van der Waals surface area contributed by atoms with Gasteiger partial charge in [0.2, 0.25) is 5.91 Å². The normalized spacial score (nSPS) is 10.5. The van der Waals surface area contributed by atoms with Gasteiger partial charge >= 0.3 is 0 Å². The Labute approximate surface area is 111 Å². The minimum atomic E-state index is -0.105. The molecule has 100 valence electrons. The van der Waals surface area contributed by atoms with Crippen LogP contribution in [0.3, 0.4) is 0 Å². The number of aryl methyl sites for hydroxylation is 3. The van der Waals surface area contributed by atoms with Gasteiger partial charge in [0.1, 0.15) is 12.9 Å². The maximum absolute atomic E-state index is 11.7. The van der Waals surface area contributed by atoms with Gasteiger partial charge in [0.15, 0.2) is 0 Å². The standard InChI is InChI=1S/C13H17N5O/c1-9-4-10(2)12(11(3)5-9)6-14-13(19)7-18-8-15-16-17-18/h4-5,8H,6-7H2,1-3H3,(H,14,19). The van der Waals surface area contributed by atoms with Crippen molar-refractivity contribution in [3.8, 4) is 0 Å². The lowest BCUT2D eigenvalue weighted by Crippen LogP contribution is -2.28. The van der Waals surface area contributed by atoms with Crippen molar-refractivity contribution >= 4 is 5.91 Å². The van der Waals surface area contributed by atoms with Crippen molar-refractivity contribution in [2.24, 2.45) is 0 Å². The second-order valence-corrected chi connectivity index (χ2v) is 4.66. The van der Waals surface area contributed by atoms with E-state index < -0.39 is 0 Å². The molecule has 0 atom stereocenters. The van der Waals surface area contributed by atoms with Crippen LogP contribution >= 0.6 is 0 Å². The minimum absolute atomic E-state index is 0.105. The van der Waals surface area contributed by atoms with E-state index in [9.17, 15) is 4.79 Å². The molecule has 19 heavy (non-hydrogen) atoms. The predicted molar refractivity (Wildman–Crippen MR) is 70.3 cm³/mol. The second-order valence-electron chi connectivity index (χ2n) is 4.66. The zero-order valence-electron chi connectivity index (χ0n) is 11.3. The summed E-state index contributed by atoms with van der Waals surface area (Å²) in [6.07, 6.45) is 1.42. The molecule has 2 rings (SSSR count). The van der Waals surface area contributed by atoms with Gasteiger partial charge < -0.3 is 5.32 Å². The lowest BCUT2D eigenvalue weighted by Gasteiger charge is -2.12. The zero-order valence-corrected chi connectivity index (χ0v) is 11.3. The molecule has 1 aromatic carbocycles. The van der Waals surface area contributed by atoms with Gasteiger partial charge in [-0.2, -0.15) is 0 Å². The molecule has 6 heteroatoms. The molecule has 6 nitrogen and oxygen atoms in total. The summed E-state index contributed by atoms with van der Waals surface area (Å²) in [5.41, 5.74) is 4.79. The molecule has 0 saturated heterocycles. The molecule has 0 radical (unpaired) electrons. The Morgan fingerprint density at radius 2 is 1.95 bits per heavy atom. The first-order valence-electron chi connectivity index (χ1n) is 6.10. The Bertz CT molecular complexity index is 554. The molecule has 0 spiro atoms. The summed E-state index contributed by atoms with van der Waals surface area (Å²) >= 11 is 0. The predicted octanol–water partition coefficient (Wildman–Crippen LogP) is 0.915. The third-order valence-electron chi connectivity index (χ3n) is 3.00. The number of hydrogen-bond donors (Lipinski definition) is 1. The fourth-order valence-corrected chi connectivity index (χ4v) is 2.13. The molecule has 1 heterocycles. The summed E-state index contributed by atoms with van der Waals surface area (Å²) in [4.78, 5) is 11.7. The molecule has 1 N–H and O–H groups in total. The monoisotopic (exact) mass is 259 g/mol. The Balaban J connectivity index is 1.97. The van der Waals surface area contributed by atoms with Gasteiger partial charge in [-0.25, -0.2) is 4.68 Å². The minimum Gasteiger partial charge on any atom is -0.350 e. The third kappa shape index (κ3) is 3.37. The molecule has 0 bridgehead atoms. The highest BCUT2D eigenvalue weighted by molar-refractivity contribution is 5.75. The number of carbonyl (C=O) groups is 1. The molecule has 0 saturated carbocycles. The number of amides is 1. The summed E-state index contributed by atoms with van der Waals surface area (Å²) in [5.74, 6) is -0.105. The van der Waals surface area contributed by atoms with E-state index in [1.54, 1.807) is 0 Å². The average Bonchev–Trinajstić information content (AvgIpc) is 2.80. The Morgan fingerprint density at radius 1 is 1.26 bits per heavy atom. The average molecular weight is 259 g/mol. The first-order valence-corrected chi connectivity index (χ1v) is 6.10. The number of tetrazole rings is 1. The van der Waals surface area contributed by atoms with Crippen LogP contribution in [0.5, 0.6) is 0 Å². The van der Waals surface area contributed by atoms with Crippen molar-refractivity contribution in [3.05, 3.63) is 40.7 Å². The van der Waals surface area contributed by atoms with Gasteiger partial charge in [0.25, 0.3) is 0 Å². The Hall–Kier alpha value is -2.24. The summed E-state index contributed by atoms with van der Waals surface area (Å²) < 4.78 is 1.39. The molecule has 1 amide bonds. The van der Waals surface area contributed by atoms with Crippen LogP contribution in [0.4, 0.5) is 0 Å². The molecule has 0 fully saturated rings. The maximum atomic E-state index is 11.7. The molecule has 0 aliphatic carbocycles. The summed E-state index contributed by atoms with van der Waals surface area (Å²) in [6, 6.07) is 4.24. The molecule has 0 aliphatic rings. The summed E-state index contributed by atoms with van der Waals surface area (Å²) in [5, 5.41) is 13.5. The van der Waals surface area contributed by atoms with Gasteiger partial charge in [-0.05, 0) is 47.9 Å². The molecule has 0 aliphatic heterocycles. The molecular weight excluding hydrogens is 242 g/mol. The van der Waals surface area contributed by atoms with Crippen molar-refractivity contribution < 1.29 is 4.79 Å². The van der Waals surface area contributed by atoms with Crippen LogP contribution in [0.1, 0.15) is 22.3 Å². The van der Waals surface area contributed by atoms with Crippen LogP contribution in [-0.2, 0) is 17.9 Å². The highest BCUT2D eigenvalue weighted by atomic mass is 16.2. The van der Waals surface area contributed by atoms with Crippen molar-refractivity contribution in [3.63, 3.8) is 0 Å². The first-order chi connectivity index (χ1) is 9.06. The van der Waals surface area contributed by atoms with Crippen LogP contribution < -0.4 is 5.32 Å². The van der Waals surface area contributed by atoms with E-state index in [0.29, 0.717) is 6.54 Å². The number of nitrogens with zero attached hydrogens (tertiary/aromatic N) is 4. The maximum Gasteiger partial charge on any atom is 0.242 e. The third-order valence-corrected chi connectivity index (χ3v) is 3.00. The molecule has 2 aromatic rings. The van der Waals surface area contributed by atoms with Crippen LogP contribution in [0.25, 0.3) is 0 Å². The van der Waals surface area contributed by atoms with E-state index in [4.69, 9.17) is 0 Å². The molecular formula is C13H17N5O. The van der Waals surface area contributed by atoms with E-state index >= 15 is 0 Å². The lowest BCUT2D eigenvalue weighted by atomic mass is 10.00. The van der Waals surface area contributed by atoms with Crippen LogP contribution in [-0.4, -0.2) is 26.1 Å². The van der Waals surface area contributed by atoms with Gasteiger partial charge in [-0.3, -0.25) is 4.79 Å². The quantitative estimate of drug-likeness (QED) is 0.886. The second kappa shape index (κ2) is 5.60. The van der Waals surface area contributed by atoms with Gasteiger partial charge in [0.05, 0.1) is 0 Å². The number of nitrogens with one attached hydrogen (secondary N) is 1. The highest BCUT2D eigenvalue weighted by Crippen LogP contribution is 2.15. The van der Waals surface area contributed by atoms with E-state index in [0.717, 1.165) is 5.56 Å². The van der Waals surface area contributed by atoms with Gasteiger partial charge in [-0.15, -0.1) is 5.10 Å². The number of carbonyl (C=O) groups excluding carboxylic acids is 1. The number of rotatable bonds is 4. The van der Waals surface area contributed by atoms with Crippen molar-refractivity contribution in [1.29, 1.82) is 0 Å². The zero-order chi connectivity index (χ0) is 13.8. The SMILES string of the molecule is Cc1cc(C)c(CNC(=O)Cn2cnnn2)c(C)c1. The highest BCUT2D eigenvalue weighted by Gasteiger charge is 2.07. The topological polar surface area (TPSA) is 72.7 Å². The van der Waals surface area contributed by atoms with Gasteiger partial charge in [0, 0.05) is 6.54 Å². The summed E-state index contributed by atoms with van der Waals surface area (Å²) in [6.45, 7) is 6.85. The summed E-state index contributed by atoms with van der Waals surface area (Å²) in [7, 11) is 0. The van der Waals surface area contributed by atoms with Crippen molar-refractivity contribution in [2.45, 2.75) is 33.9 Å². The smallest absolute Gasteiger partial charge is 0.242 e. The van der Waals surface area contributed by atoms with E-state index in [2.05, 4.69) is 53.7 Å². The lowest BCUT2D eigenvalue weighted by molar-refractivity contribution is -0.122.